The number of carbonyl (C=O) groups excluding carboxylic acids is 1. The van der Waals surface area contributed by atoms with E-state index in [1.54, 1.807) is 12.1 Å². The summed E-state index contributed by atoms with van der Waals surface area (Å²) in [6.07, 6.45) is 2.12. The van der Waals surface area contributed by atoms with Gasteiger partial charge in [0.1, 0.15) is 11.6 Å². The van der Waals surface area contributed by atoms with Gasteiger partial charge in [0.15, 0.2) is 0 Å². The second-order valence-electron chi connectivity index (χ2n) is 5.05. The van der Waals surface area contributed by atoms with Gasteiger partial charge in [-0.15, -0.1) is 0 Å². The predicted octanol–water partition coefficient (Wildman–Crippen LogP) is 3.67. The molecule has 2 aromatic carbocycles. The van der Waals surface area contributed by atoms with Gasteiger partial charge in [0.2, 0.25) is 0 Å². The van der Waals surface area contributed by atoms with E-state index in [1.165, 1.54) is 17.7 Å². The molecule has 0 amide bonds. The molecule has 1 aliphatic carbocycles. The first-order valence-electron chi connectivity index (χ1n) is 6.59. The van der Waals surface area contributed by atoms with Gasteiger partial charge in [0.25, 0.3) is 0 Å². The lowest BCUT2D eigenvalue weighted by Gasteiger charge is -2.24. The predicted molar refractivity (Wildman–Crippen MR) is 72.6 cm³/mol. The number of rotatable bonds is 2. The van der Waals surface area contributed by atoms with Crippen LogP contribution in [0.2, 0.25) is 0 Å². The van der Waals surface area contributed by atoms with Gasteiger partial charge in [-0.05, 0) is 41.7 Å². The summed E-state index contributed by atoms with van der Waals surface area (Å²) < 4.78 is 12.9. The monoisotopic (exact) mass is 254 g/mol. The van der Waals surface area contributed by atoms with Crippen LogP contribution in [0.15, 0.2) is 48.5 Å². The minimum atomic E-state index is -0.237. The van der Waals surface area contributed by atoms with Crippen molar-refractivity contribution in [3.05, 3.63) is 71.0 Å². The van der Waals surface area contributed by atoms with Crippen LogP contribution in [0.4, 0.5) is 4.39 Å². The van der Waals surface area contributed by atoms with Gasteiger partial charge < -0.3 is 0 Å². The van der Waals surface area contributed by atoms with E-state index in [0.29, 0.717) is 18.6 Å². The Morgan fingerprint density at radius 2 is 1.74 bits per heavy atom. The standard InChI is InChI=1S/C17H15FO/c18-14-8-5-12(6-9-14)11-16-15-4-2-1-3-13(15)7-10-17(16)19/h1-6,8-9,16H,7,10-11H2. The fraction of sp³-hybridized carbons (Fsp3) is 0.235. The Bertz CT molecular complexity index is 601. The third kappa shape index (κ3) is 2.43. The quantitative estimate of drug-likeness (QED) is 0.799. The van der Waals surface area contributed by atoms with Crippen molar-refractivity contribution in [3.8, 4) is 0 Å². The molecule has 0 aliphatic heterocycles. The lowest BCUT2D eigenvalue weighted by atomic mass is 9.79. The maximum absolute atomic E-state index is 12.9. The summed E-state index contributed by atoms with van der Waals surface area (Å²) in [7, 11) is 0. The fourth-order valence-electron chi connectivity index (χ4n) is 2.79. The van der Waals surface area contributed by atoms with E-state index in [-0.39, 0.29) is 11.7 Å². The Kier molecular flexibility index (Phi) is 3.16. The Balaban J connectivity index is 1.91. The van der Waals surface area contributed by atoms with Gasteiger partial charge in [0, 0.05) is 12.3 Å². The SMILES string of the molecule is O=C1CCc2ccccc2C1Cc1ccc(F)cc1. The summed E-state index contributed by atoms with van der Waals surface area (Å²) in [4.78, 5) is 12.2. The number of aryl methyl sites for hydroxylation is 1. The van der Waals surface area contributed by atoms with Crippen molar-refractivity contribution in [2.24, 2.45) is 0 Å². The summed E-state index contributed by atoms with van der Waals surface area (Å²) in [6, 6.07) is 14.6. The van der Waals surface area contributed by atoms with Gasteiger partial charge in [-0.3, -0.25) is 4.79 Å². The van der Waals surface area contributed by atoms with Gasteiger partial charge in [-0.2, -0.15) is 0 Å². The number of ketones is 1. The molecule has 0 N–H and O–H groups in total. The molecule has 1 unspecified atom stereocenters. The zero-order chi connectivity index (χ0) is 13.2. The molecule has 0 heterocycles. The second-order valence-corrected chi connectivity index (χ2v) is 5.05. The molecule has 0 spiro atoms. The average molecular weight is 254 g/mol. The minimum Gasteiger partial charge on any atom is -0.299 e. The highest BCUT2D eigenvalue weighted by Gasteiger charge is 2.27. The third-order valence-corrected chi connectivity index (χ3v) is 3.81. The highest BCUT2D eigenvalue weighted by atomic mass is 19.1. The highest BCUT2D eigenvalue weighted by molar-refractivity contribution is 5.88. The van der Waals surface area contributed by atoms with Gasteiger partial charge in [-0.25, -0.2) is 4.39 Å². The van der Waals surface area contributed by atoms with Crippen molar-refractivity contribution in [3.63, 3.8) is 0 Å². The molecule has 1 aliphatic rings. The van der Waals surface area contributed by atoms with Gasteiger partial charge in [0.05, 0.1) is 0 Å². The molecular formula is C17H15FO. The van der Waals surface area contributed by atoms with Crippen LogP contribution in [0.1, 0.15) is 29.0 Å². The first-order chi connectivity index (χ1) is 9.24. The molecule has 2 aromatic rings. The van der Waals surface area contributed by atoms with Crippen LogP contribution in [-0.4, -0.2) is 5.78 Å². The van der Waals surface area contributed by atoms with E-state index in [1.807, 2.05) is 18.2 Å². The number of Topliss-reactive ketones (excluding diaryl/α,β-unsaturated/α-hetero) is 1. The molecular weight excluding hydrogens is 239 g/mol. The number of benzene rings is 2. The van der Waals surface area contributed by atoms with Crippen molar-refractivity contribution in [2.75, 3.05) is 0 Å². The first-order valence-corrected chi connectivity index (χ1v) is 6.59. The molecule has 0 fully saturated rings. The summed E-state index contributed by atoms with van der Waals surface area (Å²) in [5, 5.41) is 0. The largest absolute Gasteiger partial charge is 0.299 e. The van der Waals surface area contributed by atoms with Crippen molar-refractivity contribution < 1.29 is 9.18 Å². The number of hydrogen-bond donors (Lipinski definition) is 0. The normalized spacial score (nSPS) is 18.2. The van der Waals surface area contributed by atoms with Crippen molar-refractivity contribution in [1.29, 1.82) is 0 Å². The molecule has 1 nitrogen and oxygen atoms in total. The topological polar surface area (TPSA) is 17.1 Å². The molecule has 1 atom stereocenters. The van der Waals surface area contributed by atoms with E-state index in [4.69, 9.17) is 0 Å². The Hall–Kier alpha value is -1.96. The lowest BCUT2D eigenvalue weighted by molar-refractivity contribution is -0.120. The Morgan fingerprint density at radius 3 is 2.53 bits per heavy atom. The number of halogens is 1. The van der Waals surface area contributed by atoms with Gasteiger partial charge in [-0.1, -0.05) is 36.4 Å². The highest BCUT2D eigenvalue weighted by Crippen LogP contribution is 2.31. The van der Waals surface area contributed by atoms with E-state index >= 15 is 0 Å². The smallest absolute Gasteiger partial charge is 0.141 e. The van der Waals surface area contributed by atoms with Crippen LogP contribution < -0.4 is 0 Å². The first kappa shape index (κ1) is 12.1. The maximum atomic E-state index is 12.9. The number of hydrogen-bond acceptors (Lipinski definition) is 1. The lowest BCUT2D eigenvalue weighted by Crippen LogP contribution is -2.22. The molecule has 19 heavy (non-hydrogen) atoms. The molecule has 0 saturated heterocycles. The van der Waals surface area contributed by atoms with E-state index in [9.17, 15) is 9.18 Å². The van der Waals surface area contributed by atoms with Crippen LogP contribution in [0.5, 0.6) is 0 Å². The van der Waals surface area contributed by atoms with Crippen LogP contribution in [0.25, 0.3) is 0 Å². The molecule has 0 saturated carbocycles. The average Bonchev–Trinajstić information content (AvgIpc) is 2.44. The zero-order valence-electron chi connectivity index (χ0n) is 10.6. The summed E-state index contributed by atoms with van der Waals surface area (Å²) in [6.45, 7) is 0. The number of fused-ring (bicyclic) bond motifs is 1. The van der Waals surface area contributed by atoms with Crippen LogP contribution in [0, 0.1) is 5.82 Å². The Morgan fingerprint density at radius 1 is 1.00 bits per heavy atom. The summed E-state index contributed by atoms with van der Waals surface area (Å²) >= 11 is 0. The summed E-state index contributed by atoms with van der Waals surface area (Å²) in [5.41, 5.74) is 3.42. The third-order valence-electron chi connectivity index (χ3n) is 3.81. The van der Waals surface area contributed by atoms with E-state index in [0.717, 1.165) is 17.5 Å². The van der Waals surface area contributed by atoms with E-state index < -0.39 is 0 Å². The summed E-state index contributed by atoms with van der Waals surface area (Å²) in [5.74, 6) is -0.0162. The molecule has 0 radical (unpaired) electrons. The fourth-order valence-corrected chi connectivity index (χ4v) is 2.79. The molecule has 0 bridgehead atoms. The van der Waals surface area contributed by atoms with Crippen LogP contribution in [0.3, 0.4) is 0 Å². The van der Waals surface area contributed by atoms with Crippen LogP contribution >= 0.6 is 0 Å². The van der Waals surface area contributed by atoms with E-state index in [2.05, 4.69) is 6.07 Å². The molecule has 2 heteroatoms. The molecule has 3 rings (SSSR count). The van der Waals surface area contributed by atoms with Crippen LogP contribution in [-0.2, 0) is 17.6 Å². The van der Waals surface area contributed by atoms with Gasteiger partial charge >= 0.3 is 0 Å². The van der Waals surface area contributed by atoms with Crippen molar-refractivity contribution in [1.82, 2.24) is 0 Å². The molecule has 0 aromatic heterocycles. The zero-order valence-corrected chi connectivity index (χ0v) is 10.6. The minimum absolute atomic E-state index is 0.0737. The van der Waals surface area contributed by atoms with Crippen molar-refractivity contribution >= 4 is 5.78 Å². The second kappa shape index (κ2) is 4.96. The number of carbonyl (C=O) groups is 1. The molecule has 96 valence electrons. The maximum Gasteiger partial charge on any atom is 0.141 e. The Labute approximate surface area is 112 Å². The van der Waals surface area contributed by atoms with Crippen molar-refractivity contribution in [2.45, 2.75) is 25.2 Å².